The van der Waals surface area contributed by atoms with Crippen molar-refractivity contribution < 1.29 is 4.74 Å². The molecule has 0 atom stereocenters. The number of hydrogen-bond acceptors (Lipinski definition) is 3. The molecule has 3 nitrogen and oxygen atoms in total. The summed E-state index contributed by atoms with van der Waals surface area (Å²) >= 11 is 0. The molecule has 0 amide bonds. The van der Waals surface area contributed by atoms with Crippen molar-refractivity contribution in [3.8, 4) is 5.75 Å². The van der Waals surface area contributed by atoms with Crippen LogP contribution in [-0.2, 0) is 0 Å². The molecule has 0 fully saturated rings. The van der Waals surface area contributed by atoms with Gasteiger partial charge in [0, 0.05) is 12.6 Å². The van der Waals surface area contributed by atoms with Crippen LogP contribution in [0.2, 0.25) is 0 Å². The molecule has 0 unspecified atom stereocenters. The van der Waals surface area contributed by atoms with Crippen LogP contribution in [0.25, 0.3) is 0 Å². The molecule has 0 aromatic heterocycles. The normalized spacial score (nSPS) is 11.2. The van der Waals surface area contributed by atoms with E-state index in [0.29, 0.717) is 18.6 Å². The highest BCUT2D eigenvalue weighted by Crippen LogP contribution is 2.34. The second-order valence-corrected chi connectivity index (χ2v) is 6.05. The molecular formula is C18H32N2O. The van der Waals surface area contributed by atoms with Crippen molar-refractivity contribution in [2.24, 2.45) is 5.92 Å². The number of anilines is 2. The van der Waals surface area contributed by atoms with Gasteiger partial charge in [0.25, 0.3) is 0 Å². The van der Waals surface area contributed by atoms with E-state index in [9.17, 15) is 0 Å². The fraction of sp³-hybridized carbons (Fsp3) is 0.667. The van der Waals surface area contributed by atoms with Gasteiger partial charge in [0.2, 0.25) is 0 Å². The third-order valence-corrected chi connectivity index (χ3v) is 3.76. The molecular weight excluding hydrogens is 260 g/mol. The van der Waals surface area contributed by atoms with E-state index >= 15 is 0 Å². The molecule has 3 heteroatoms. The fourth-order valence-electron chi connectivity index (χ4n) is 2.69. The lowest BCUT2D eigenvalue weighted by atomic mass is 10.1. The average Bonchev–Trinajstić information content (AvgIpc) is 2.46. The number of nitrogen functional groups attached to an aromatic ring is 1. The van der Waals surface area contributed by atoms with Crippen LogP contribution in [0.3, 0.4) is 0 Å². The Hall–Kier alpha value is -1.38. The molecule has 0 radical (unpaired) electrons. The van der Waals surface area contributed by atoms with Gasteiger partial charge in [-0.05, 0) is 37.3 Å². The van der Waals surface area contributed by atoms with Gasteiger partial charge in [-0.1, -0.05) is 40.7 Å². The Labute approximate surface area is 130 Å². The number of hydrogen-bond donors (Lipinski definition) is 1. The quantitative estimate of drug-likeness (QED) is 0.670. The maximum atomic E-state index is 6.38. The van der Waals surface area contributed by atoms with Gasteiger partial charge in [0.1, 0.15) is 5.75 Å². The Kier molecular flexibility index (Phi) is 7.41. The van der Waals surface area contributed by atoms with E-state index < -0.39 is 0 Å². The zero-order valence-electron chi connectivity index (χ0n) is 14.4. The number of rotatable bonds is 9. The number of nitrogens with two attached hydrogens (primary N) is 1. The third-order valence-electron chi connectivity index (χ3n) is 3.76. The van der Waals surface area contributed by atoms with E-state index in [0.717, 1.165) is 42.9 Å². The second-order valence-electron chi connectivity index (χ2n) is 6.05. The predicted octanol–water partition coefficient (Wildman–Crippen LogP) is 4.71. The first-order valence-corrected chi connectivity index (χ1v) is 8.32. The Bertz CT molecular complexity index is 414. The molecule has 0 saturated carbocycles. The molecule has 0 bridgehead atoms. The maximum Gasteiger partial charge on any atom is 0.144 e. The van der Waals surface area contributed by atoms with Crippen molar-refractivity contribution >= 4 is 11.4 Å². The van der Waals surface area contributed by atoms with Crippen LogP contribution in [0.15, 0.2) is 18.2 Å². The molecule has 2 N–H and O–H groups in total. The summed E-state index contributed by atoms with van der Waals surface area (Å²) in [5.41, 5.74) is 8.27. The lowest BCUT2D eigenvalue weighted by Gasteiger charge is -2.35. The topological polar surface area (TPSA) is 38.5 Å². The molecule has 0 aliphatic rings. The van der Waals surface area contributed by atoms with Gasteiger partial charge in [-0.3, -0.25) is 0 Å². The summed E-state index contributed by atoms with van der Waals surface area (Å²) in [4.78, 5) is 2.46. The minimum atomic E-state index is 0.524. The summed E-state index contributed by atoms with van der Waals surface area (Å²) in [5.74, 6) is 1.42. The fourth-order valence-corrected chi connectivity index (χ4v) is 2.69. The van der Waals surface area contributed by atoms with Crippen molar-refractivity contribution in [1.82, 2.24) is 0 Å². The molecule has 1 aromatic rings. The smallest absolute Gasteiger partial charge is 0.144 e. The summed E-state index contributed by atoms with van der Waals surface area (Å²) in [6.07, 6.45) is 3.25. The Morgan fingerprint density at radius 2 is 1.81 bits per heavy atom. The molecule has 1 aromatic carbocycles. The lowest BCUT2D eigenvalue weighted by molar-refractivity contribution is 0.319. The van der Waals surface area contributed by atoms with Crippen molar-refractivity contribution in [1.29, 1.82) is 0 Å². The Morgan fingerprint density at radius 3 is 2.33 bits per heavy atom. The number of para-hydroxylation sites is 1. The van der Waals surface area contributed by atoms with E-state index in [4.69, 9.17) is 10.5 Å². The molecule has 0 saturated heterocycles. The summed E-state index contributed by atoms with van der Waals surface area (Å²) in [5, 5.41) is 0. The molecule has 1 rings (SSSR count). The summed E-state index contributed by atoms with van der Waals surface area (Å²) < 4.78 is 5.78. The second kappa shape index (κ2) is 8.81. The van der Waals surface area contributed by atoms with Crippen LogP contribution in [0.5, 0.6) is 5.75 Å². The average molecular weight is 292 g/mol. The van der Waals surface area contributed by atoms with Crippen molar-refractivity contribution in [3.63, 3.8) is 0 Å². The SMILES string of the molecule is CCCOc1cccc(N(CC(C)C)C(CC)CC)c1N. The van der Waals surface area contributed by atoms with Gasteiger partial charge in [-0.25, -0.2) is 0 Å². The van der Waals surface area contributed by atoms with E-state index in [2.05, 4.69) is 45.6 Å². The zero-order valence-corrected chi connectivity index (χ0v) is 14.4. The minimum Gasteiger partial charge on any atom is -0.491 e. The van der Waals surface area contributed by atoms with E-state index in [1.54, 1.807) is 0 Å². The van der Waals surface area contributed by atoms with Crippen molar-refractivity contribution in [2.75, 3.05) is 23.8 Å². The molecule has 0 heterocycles. The van der Waals surface area contributed by atoms with Gasteiger partial charge < -0.3 is 15.4 Å². The number of ether oxygens (including phenoxy) is 1. The van der Waals surface area contributed by atoms with E-state index in [1.807, 2.05) is 12.1 Å². The Balaban J connectivity index is 3.11. The highest BCUT2D eigenvalue weighted by Gasteiger charge is 2.20. The van der Waals surface area contributed by atoms with Gasteiger partial charge >= 0.3 is 0 Å². The van der Waals surface area contributed by atoms with Crippen LogP contribution in [0.1, 0.15) is 53.9 Å². The van der Waals surface area contributed by atoms with Gasteiger partial charge in [0.15, 0.2) is 0 Å². The van der Waals surface area contributed by atoms with Gasteiger partial charge in [-0.15, -0.1) is 0 Å². The maximum absolute atomic E-state index is 6.38. The largest absolute Gasteiger partial charge is 0.491 e. The number of benzene rings is 1. The van der Waals surface area contributed by atoms with E-state index in [1.165, 1.54) is 0 Å². The van der Waals surface area contributed by atoms with Crippen LogP contribution >= 0.6 is 0 Å². The molecule has 0 spiro atoms. The molecule has 0 aliphatic heterocycles. The summed E-state index contributed by atoms with van der Waals surface area (Å²) in [7, 11) is 0. The predicted molar refractivity (Wildman–Crippen MR) is 93.2 cm³/mol. The summed E-state index contributed by atoms with van der Waals surface area (Å²) in [6, 6.07) is 6.66. The first kappa shape index (κ1) is 17.7. The number of nitrogens with zero attached hydrogens (tertiary/aromatic N) is 1. The molecule has 0 aliphatic carbocycles. The van der Waals surface area contributed by atoms with Gasteiger partial charge in [-0.2, -0.15) is 0 Å². The molecule has 21 heavy (non-hydrogen) atoms. The first-order valence-electron chi connectivity index (χ1n) is 8.32. The van der Waals surface area contributed by atoms with Crippen molar-refractivity contribution in [2.45, 2.75) is 59.9 Å². The standard InChI is InChI=1S/C18H32N2O/c1-6-12-21-17-11-9-10-16(18(17)19)20(13-14(4)5)15(7-2)8-3/h9-11,14-15H,6-8,12-13,19H2,1-5H3. The highest BCUT2D eigenvalue weighted by molar-refractivity contribution is 5.74. The monoisotopic (exact) mass is 292 g/mol. The van der Waals surface area contributed by atoms with Crippen LogP contribution in [0, 0.1) is 5.92 Å². The first-order chi connectivity index (χ1) is 10.0. The zero-order chi connectivity index (χ0) is 15.8. The van der Waals surface area contributed by atoms with Crippen molar-refractivity contribution in [3.05, 3.63) is 18.2 Å². The minimum absolute atomic E-state index is 0.524. The molecule has 120 valence electrons. The van der Waals surface area contributed by atoms with Crippen LogP contribution in [-0.4, -0.2) is 19.2 Å². The van der Waals surface area contributed by atoms with Gasteiger partial charge in [0.05, 0.1) is 18.0 Å². The summed E-state index contributed by atoms with van der Waals surface area (Å²) in [6.45, 7) is 12.8. The third kappa shape index (κ3) is 4.83. The lowest BCUT2D eigenvalue weighted by Crippen LogP contribution is -2.37. The highest BCUT2D eigenvalue weighted by atomic mass is 16.5. The van der Waals surface area contributed by atoms with Crippen LogP contribution < -0.4 is 15.4 Å². The van der Waals surface area contributed by atoms with Crippen LogP contribution in [0.4, 0.5) is 11.4 Å². The van der Waals surface area contributed by atoms with E-state index in [-0.39, 0.29) is 0 Å². The Morgan fingerprint density at radius 1 is 1.14 bits per heavy atom.